The van der Waals surface area contributed by atoms with Gasteiger partial charge in [-0.05, 0) is 57.5 Å². The minimum atomic E-state index is 0.367. The topological polar surface area (TPSA) is 47.1 Å². The molecular formula is C16H24N4. The molecule has 0 saturated carbocycles. The van der Waals surface area contributed by atoms with Crippen LogP contribution in [0, 0.1) is 5.92 Å². The molecule has 0 bridgehead atoms. The van der Waals surface area contributed by atoms with Crippen LogP contribution < -0.4 is 5.73 Å². The molecule has 108 valence electrons. The van der Waals surface area contributed by atoms with Gasteiger partial charge < -0.3 is 10.3 Å². The number of piperidine rings is 1. The molecule has 1 aliphatic heterocycles. The van der Waals surface area contributed by atoms with Gasteiger partial charge in [-0.25, -0.2) is 4.98 Å². The summed E-state index contributed by atoms with van der Waals surface area (Å²) in [5.41, 5.74) is 8.08. The van der Waals surface area contributed by atoms with E-state index in [1.165, 1.54) is 18.4 Å². The Hall–Kier alpha value is -1.39. The molecule has 1 fully saturated rings. The molecule has 4 heteroatoms. The number of fused-ring (bicyclic) bond motifs is 1. The highest BCUT2D eigenvalue weighted by Gasteiger charge is 2.25. The lowest BCUT2D eigenvalue weighted by Gasteiger charge is -2.35. The lowest BCUT2D eigenvalue weighted by Crippen LogP contribution is -2.38. The van der Waals surface area contributed by atoms with Crippen molar-refractivity contribution in [1.82, 2.24) is 14.5 Å². The Morgan fingerprint density at radius 3 is 2.65 bits per heavy atom. The van der Waals surface area contributed by atoms with E-state index < -0.39 is 0 Å². The number of benzene rings is 1. The maximum absolute atomic E-state index is 5.78. The van der Waals surface area contributed by atoms with Gasteiger partial charge in [0.25, 0.3) is 0 Å². The molecule has 0 amide bonds. The first-order valence-corrected chi connectivity index (χ1v) is 7.56. The zero-order chi connectivity index (χ0) is 14.1. The van der Waals surface area contributed by atoms with Crippen LogP contribution in [0.5, 0.6) is 0 Å². The van der Waals surface area contributed by atoms with E-state index >= 15 is 0 Å². The number of imidazole rings is 1. The van der Waals surface area contributed by atoms with Crippen molar-refractivity contribution < 1.29 is 0 Å². The molecule has 1 aromatic carbocycles. The monoisotopic (exact) mass is 272 g/mol. The number of aromatic nitrogens is 2. The second kappa shape index (κ2) is 5.54. The van der Waals surface area contributed by atoms with E-state index in [9.17, 15) is 0 Å². The minimum Gasteiger partial charge on any atom is -0.330 e. The van der Waals surface area contributed by atoms with E-state index in [0.717, 1.165) is 31.0 Å². The van der Waals surface area contributed by atoms with Gasteiger partial charge in [0, 0.05) is 7.05 Å². The second-order valence-corrected chi connectivity index (χ2v) is 5.91. The molecule has 2 aromatic rings. The number of hydrogen-bond donors (Lipinski definition) is 1. The van der Waals surface area contributed by atoms with Gasteiger partial charge in [-0.1, -0.05) is 12.1 Å². The minimum absolute atomic E-state index is 0.367. The third-order valence-corrected chi connectivity index (χ3v) is 4.73. The lowest BCUT2D eigenvalue weighted by atomic mass is 9.96. The summed E-state index contributed by atoms with van der Waals surface area (Å²) >= 11 is 0. The number of rotatable bonds is 3. The van der Waals surface area contributed by atoms with Crippen molar-refractivity contribution in [1.29, 1.82) is 0 Å². The van der Waals surface area contributed by atoms with Crippen LogP contribution in [-0.4, -0.2) is 34.1 Å². The maximum Gasteiger partial charge on any atom is 0.126 e. The summed E-state index contributed by atoms with van der Waals surface area (Å²) in [6.45, 7) is 5.36. The normalized spacial score (nSPS) is 19.6. The predicted molar refractivity (Wildman–Crippen MR) is 82.5 cm³/mol. The summed E-state index contributed by atoms with van der Waals surface area (Å²) in [5, 5.41) is 0. The fraction of sp³-hybridized carbons (Fsp3) is 0.562. The van der Waals surface area contributed by atoms with Gasteiger partial charge in [-0.2, -0.15) is 0 Å². The number of para-hydroxylation sites is 2. The summed E-state index contributed by atoms with van der Waals surface area (Å²) in [6.07, 6.45) is 2.43. The lowest BCUT2D eigenvalue weighted by molar-refractivity contribution is 0.137. The van der Waals surface area contributed by atoms with E-state index in [4.69, 9.17) is 10.7 Å². The molecule has 1 aromatic heterocycles. The molecule has 1 unspecified atom stereocenters. The van der Waals surface area contributed by atoms with Crippen molar-refractivity contribution in [3.05, 3.63) is 30.1 Å². The van der Waals surface area contributed by atoms with Gasteiger partial charge in [0.05, 0.1) is 17.1 Å². The molecule has 2 N–H and O–H groups in total. The average molecular weight is 272 g/mol. The van der Waals surface area contributed by atoms with Crippen molar-refractivity contribution in [2.24, 2.45) is 18.7 Å². The highest BCUT2D eigenvalue weighted by molar-refractivity contribution is 5.75. The van der Waals surface area contributed by atoms with Gasteiger partial charge in [0.2, 0.25) is 0 Å². The highest BCUT2D eigenvalue weighted by atomic mass is 15.2. The van der Waals surface area contributed by atoms with Crippen molar-refractivity contribution in [3.8, 4) is 0 Å². The van der Waals surface area contributed by atoms with E-state index in [1.807, 2.05) is 0 Å². The number of nitrogens with zero attached hydrogens (tertiary/aromatic N) is 3. The number of likely N-dealkylation sites (tertiary alicyclic amines) is 1. The molecule has 0 spiro atoms. The van der Waals surface area contributed by atoms with Crippen LogP contribution in [-0.2, 0) is 7.05 Å². The number of nitrogens with two attached hydrogens (primary N) is 1. The first-order valence-electron chi connectivity index (χ1n) is 7.56. The van der Waals surface area contributed by atoms with Crippen molar-refractivity contribution >= 4 is 11.0 Å². The van der Waals surface area contributed by atoms with Crippen LogP contribution in [0.25, 0.3) is 11.0 Å². The Labute approximate surface area is 120 Å². The van der Waals surface area contributed by atoms with Crippen LogP contribution in [0.2, 0.25) is 0 Å². The molecular weight excluding hydrogens is 248 g/mol. The number of aryl methyl sites for hydroxylation is 1. The molecule has 0 aliphatic carbocycles. The smallest absolute Gasteiger partial charge is 0.126 e. The fourth-order valence-corrected chi connectivity index (χ4v) is 3.28. The van der Waals surface area contributed by atoms with Crippen molar-refractivity contribution in [3.63, 3.8) is 0 Å². The molecule has 20 heavy (non-hydrogen) atoms. The predicted octanol–water partition coefficient (Wildman–Crippen LogP) is 2.31. The van der Waals surface area contributed by atoms with Gasteiger partial charge >= 0.3 is 0 Å². The second-order valence-electron chi connectivity index (χ2n) is 5.91. The fourth-order valence-electron chi connectivity index (χ4n) is 3.28. The van der Waals surface area contributed by atoms with Crippen LogP contribution in [0.15, 0.2) is 24.3 Å². The molecule has 0 radical (unpaired) electrons. The summed E-state index contributed by atoms with van der Waals surface area (Å²) in [4.78, 5) is 7.36. The van der Waals surface area contributed by atoms with Gasteiger partial charge in [0.1, 0.15) is 5.82 Å². The van der Waals surface area contributed by atoms with E-state index in [1.54, 1.807) is 0 Å². The largest absolute Gasteiger partial charge is 0.330 e. The quantitative estimate of drug-likeness (QED) is 0.932. The standard InChI is InChI=1S/C16H24N4/c1-12(20-9-7-13(11-17)8-10-20)16-18-14-5-3-4-6-15(14)19(16)2/h3-6,12-13H,7-11,17H2,1-2H3. The van der Waals surface area contributed by atoms with Crippen LogP contribution >= 0.6 is 0 Å². The van der Waals surface area contributed by atoms with Gasteiger partial charge in [-0.15, -0.1) is 0 Å². The summed E-state index contributed by atoms with van der Waals surface area (Å²) in [5.74, 6) is 1.87. The van der Waals surface area contributed by atoms with E-state index in [-0.39, 0.29) is 0 Å². The molecule has 1 saturated heterocycles. The molecule has 4 nitrogen and oxygen atoms in total. The third-order valence-electron chi connectivity index (χ3n) is 4.73. The first kappa shape index (κ1) is 13.6. The Morgan fingerprint density at radius 2 is 2.00 bits per heavy atom. The zero-order valence-electron chi connectivity index (χ0n) is 12.4. The van der Waals surface area contributed by atoms with Crippen molar-refractivity contribution in [2.45, 2.75) is 25.8 Å². The average Bonchev–Trinajstić information content (AvgIpc) is 2.84. The van der Waals surface area contributed by atoms with E-state index in [0.29, 0.717) is 12.0 Å². The summed E-state index contributed by atoms with van der Waals surface area (Å²) < 4.78 is 2.23. The Bertz CT molecular complexity index is 581. The SMILES string of the molecule is CC(c1nc2ccccc2n1C)N1CCC(CN)CC1. The van der Waals surface area contributed by atoms with Crippen LogP contribution in [0.4, 0.5) is 0 Å². The van der Waals surface area contributed by atoms with Crippen LogP contribution in [0.3, 0.4) is 0 Å². The van der Waals surface area contributed by atoms with Crippen LogP contribution in [0.1, 0.15) is 31.6 Å². The molecule has 1 aliphatic rings. The van der Waals surface area contributed by atoms with Crippen molar-refractivity contribution in [2.75, 3.05) is 19.6 Å². The Morgan fingerprint density at radius 1 is 1.30 bits per heavy atom. The zero-order valence-corrected chi connectivity index (χ0v) is 12.4. The van der Waals surface area contributed by atoms with Gasteiger partial charge in [-0.3, -0.25) is 4.90 Å². The Kier molecular flexibility index (Phi) is 3.76. The molecule has 3 rings (SSSR count). The maximum atomic E-state index is 5.78. The Balaban J connectivity index is 1.82. The van der Waals surface area contributed by atoms with E-state index in [2.05, 4.69) is 47.7 Å². The summed E-state index contributed by atoms with van der Waals surface area (Å²) in [6, 6.07) is 8.72. The number of hydrogen-bond acceptors (Lipinski definition) is 3. The molecule has 1 atom stereocenters. The first-order chi connectivity index (χ1) is 9.70. The third kappa shape index (κ3) is 2.34. The molecule has 2 heterocycles. The highest BCUT2D eigenvalue weighted by Crippen LogP contribution is 2.27. The van der Waals surface area contributed by atoms with Gasteiger partial charge in [0.15, 0.2) is 0 Å². The summed E-state index contributed by atoms with van der Waals surface area (Å²) in [7, 11) is 2.12.